The van der Waals surface area contributed by atoms with E-state index in [0.717, 1.165) is 38.9 Å². The zero-order valence-corrected chi connectivity index (χ0v) is 13.9. The van der Waals surface area contributed by atoms with Crippen LogP contribution in [0.15, 0.2) is 36.9 Å². The molecule has 1 N–H and O–H groups in total. The van der Waals surface area contributed by atoms with Gasteiger partial charge in [-0.25, -0.2) is 0 Å². The van der Waals surface area contributed by atoms with Crippen molar-refractivity contribution in [2.45, 2.75) is 30.7 Å². The molecule has 1 aromatic carbocycles. The van der Waals surface area contributed by atoms with Crippen molar-refractivity contribution in [3.8, 4) is 0 Å². The first-order valence-corrected chi connectivity index (χ1v) is 8.39. The number of piperidine rings is 1. The molecule has 1 aliphatic carbocycles. The molecule has 0 unspecified atom stereocenters. The topological polar surface area (TPSA) is 41.6 Å². The molecule has 1 fully saturated rings. The van der Waals surface area contributed by atoms with Crippen molar-refractivity contribution >= 4 is 5.91 Å². The molecule has 4 nitrogen and oxygen atoms in total. The van der Waals surface area contributed by atoms with Gasteiger partial charge in [-0.05, 0) is 43.5 Å². The van der Waals surface area contributed by atoms with Crippen LogP contribution in [0.1, 0.15) is 36.4 Å². The Labute approximate surface area is 138 Å². The highest BCUT2D eigenvalue weighted by Crippen LogP contribution is 2.50. The number of hydrogen-bond acceptors (Lipinski definition) is 3. The summed E-state index contributed by atoms with van der Waals surface area (Å²) in [6, 6.07) is 8.72. The summed E-state index contributed by atoms with van der Waals surface area (Å²) >= 11 is 0. The second-order valence-corrected chi connectivity index (χ2v) is 6.71. The van der Waals surface area contributed by atoms with Gasteiger partial charge in [0, 0.05) is 19.1 Å². The molecule has 4 heteroatoms. The fraction of sp³-hybridized carbons (Fsp3) is 0.526. The minimum atomic E-state index is -0.0338. The van der Waals surface area contributed by atoms with Crippen LogP contribution in [0, 0.1) is 0 Å². The van der Waals surface area contributed by atoms with Gasteiger partial charge >= 0.3 is 0 Å². The lowest BCUT2D eigenvalue weighted by Crippen LogP contribution is -2.42. The normalized spacial score (nSPS) is 22.7. The highest BCUT2D eigenvalue weighted by molar-refractivity contribution is 5.78. The number of hydrogen-bond donors (Lipinski definition) is 1. The first-order valence-electron chi connectivity index (χ1n) is 8.39. The number of amides is 1. The summed E-state index contributed by atoms with van der Waals surface area (Å²) in [4.78, 5) is 14.4. The van der Waals surface area contributed by atoms with Crippen molar-refractivity contribution in [1.82, 2.24) is 10.2 Å². The van der Waals surface area contributed by atoms with E-state index in [9.17, 15) is 4.79 Å². The lowest BCUT2D eigenvalue weighted by molar-refractivity contribution is -0.125. The second kappa shape index (κ2) is 6.85. The van der Waals surface area contributed by atoms with E-state index in [1.54, 1.807) is 7.11 Å². The summed E-state index contributed by atoms with van der Waals surface area (Å²) in [6.07, 6.45) is 5.28. The van der Waals surface area contributed by atoms with Gasteiger partial charge in [0.1, 0.15) is 6.61 Å². The molecule has 0 radical (unpaired) electrons. The van der Waals surface area contributed by atoms with Crippen LogP contribution < -0.4 is 5.32 Å². The second-order valence-electron chi connectivity index (χ2n) is 6.71. The van der Waals surface area contributed by atoms with E-state index >= 15 is 0 Å². The first kappa shape index (κ1) is 16.2. The molecule has 3 rings (SSSR count). The van der Waals surface area contributed by atoms with Crippen molar-refractivity contribution in [2.24, 2.45) is 0 Å². The molecule has 23 heavy (non-hydrogen) atoms. The van der Waals surface area contributed by atoms with Crippen LogP contribution in [0.2, 0.25) is 0 Å². The van der Waals surface area contributed by atoms with Gasteiger partial charge in [-0.1, -0.05) is 30.3 Å². The third-order valence-corrected chi connectivity index (χ3v) is 5.31. The maximum Gasteiger partial charge on any atom is 0.246 e. The zero-order chi connectivity index (χ0) is 16.3. The molecule has 2 aliphatic rings. The van der Waals surface area contributed by atoms with Crippen molar-refractivity contribution in [1.29, 1.82) is 0 Å². The molecule has 1 heterocycles. The average molecular weight is 314 g/mol. The summed E-state index contributed by atoms with van der Waals surface area (Å²) in [5.74, 6) is -0.0338. The maximum absolute atomic E-state index is 12.0. The van der Waals surface area contributed by atoms with Crippen LogP contribution >= 0.6 is 0 Å². The number of benzene rings is 1. The van der Waals surface area contributed by atoms with E-state index in [-0.39, 0.29) is 24.0 Å². The van der Waals surface area contributed by atoms with Crippen LogP contribution in [0.3, 0.4) is 0 Å². The van der Waals surface area contributed by atoms with Crippen molar-refractivity contribution in [3.63, 3.8) is 0 Å². The molecule has 1 amide bonds. The fourth-order valence-corrected chi connectivity index (χ4v) is 4.21. The lowest BCUT2D eigenvalue weighted by Gasteiger charge is -2.40. The molecule has 0 bridgehead atoms. The van der Waals surface area contributed by atoms with Gasteiger partial charge < -0.3 is 10.1 Å². The minimum Gasteiger partial charge on any atom is -0.375 e. The van der Waals surface area contributed by atoms with E-state index < -0.39 is 0 Å². The Hall–Kier alpha value is -1.65. The highest BCUT2D eigenvalue weighted by Gasteiger charge is 2.45. The van der Waals surface area contributed by atoms with Crippen LogP contribution in [-0.4, -0.2) is 44.2 Å². The third kappa shape index (κ3) is 3.19. The summed E-state index contributed by atoms with van der Waals surface area (Å²) in [5.41, 5.74) is 2.93. The van der Waals surface area contributed by atoms with Crippen molar-refractivity contribution in [2.75, 3.05) is 33.4 Å². The predicted octanol–water partition coefficient (Wildman–Crippen LogP) is 2.41. The number of carbonyl (C=O) groups excluding carboxylic acids is 1. The van der Waals surface area contributed by atoms with Crippen LogP contribution in [0.5, 0.6) is 0 Å². The number of nitrogens with zero attached hydrogens (tertiary/aromatic N) is 1. The van der Waals surface area contributed by atoms with Gasteiger partial charge in [0.2, 0.25) is 5.91 Å². The SMILES string of the molecule is C=CCN1CCC2(CC1)C[C@@H](NC(=O)COC)c1ccccc12. The molecule has 1 atom stereocenters. The summed E-state index contributed by atoms with van der Waals surface area (Å²) in [7, 11) is 1.55. The molecule has 0 saturated carbocycles. The quantitative estimate of drug-likeness (QED) is 0.849. The Balaban J connectivity index is 1.79. The van der Waals surface area contributed by atoms with Gasteiger partial charge in [-0.15, -0.1) is 6.58 Å². The minimum absolute atomic E-state index is 0.0338. The average Bonchev–Trinajstić information content (AvgIpc) is 2.85. The van der Waals surface area contributed by atoms with Crippen LogP contribution in [0.4, 0.5) is 0 Å². The van der Waals surface area contributed by atoms with Gasteiger partial charge in [-0.3, -0.25) is 9.69 Å². The molecule has 0 aromatic heterocycles. The monoisotopic (exact) mass is 314 g/mol. The first-order chi connectivity index (χ1) is 11.2. The van der Waals surface area contributed by atoms with Crippen LogP contribution in [-0.2, 0) is 14.9 Å². The molecule has 124 valence electrons. The Bertz CT molecular complexity index is 576. The van der Waals surface area contributed by atoms with Crippen molar-refractivity contribution < 1.29 is 9.53 Å². The van der Waals surface area contributed by atoms with Gasteiger partial charge in [-0.2, -0.15) is 0 Å². The molecule has 1 aliphatic heterocycles. The Morgan fingerprint density at radius 1 is 1.43 bits per heavy atom. The third-order valence-electron chi connectivity index (χ3n) is 5.31. The summed E-state index contributed by atoms with van der Waals surface area (Å²) in [5, 5.41) is 3.15. The standard InChI is InChI=1S/C19H26N2O2/c1-3-10-21-11-8-19(9-12-21)13-17(20-18(22)14-23-2)15-6-4-5-7-16(15)19/h3-7,17H,1,8-14H2,2H3,(H,20,22)/t17-/m1/s1. The number of likely N-dealkylation sites (tertiary alicyclic amines) is 1. The summed E-state index contributed by atoms with van der Waals surface area (Å²) < 4.78 is 4.95. The van der Waals surface area contributed by atoms with Gasteiger partial charge in [0.15, 0.2) is 0 Å². The smallest absolute Gasteiger partial charge is 0.246 e. The Kier molecular flexibility index (Phi) is 4.83. The lowest BCUT2D eigenvalue weighted by atomic mass is 9.73. The predicted molar refractivity (Wildman–Crippen MR) is 91.4 cm³/mol. The van der Waals surface area contributed by atoms with E-state index in [1.807, 2.05) is 6.08 Å². The summed E-state index contributed by atoms with van der Waals surface area (Å²) in [6.45, 7) is 7.12. The van der Waals surface area contributed by atoms with Gasteiger partial charge in [0.05, 0.1) is 6.04 Å². The van der Waals surface area contributed by atoms with E-state index in [2.05, 4.69) is 41.1 Å². The number of methoxy groups -OCH3 is 1. The zero-order valence-electron chi connectivity index (χ0n) is 13.9. The molecular weight excluding hydrogens is 288 g/mol. The number of nitrogens with one attached hydrogen (secondary N) is 1. The number of ether oxygens (including phenoxy) is 1. The largest absolute Gasteiger partial charge is 0.375 e. The number of fused-ring (bicyclic) bond motifs is 2. The van der Waals surface area contributed by atoms with Crippen LogP contribution in [0.25, 0.3) is 0 Å². The van der Waals surface area contributed by atoms with E-state index in [1.165, 1.54) is 11.1 Å². The van der Waals surface area contributed by atoms with Gasteiger partial charge in [0.25, 0.3) is 0 Å². The van der Waals surface area contributed by atoms with E-state index in [4.69, 9.17) is 4.74 Å². The van der Waals surface area contributed by atoms with E-state index in [0.29, 0.717) is 0 Å². The molecular formula is C19H26N2O2. The maximum atomic E-state index is 12.0. The number of rotatable bonds is 5. The molecule has 1 saturated heterocycles. The van der Waals surface area contributed by atoms with Crippen molar-refractivity contribution in [3.05, 3.63) is 48.0 Å². The molecule has 1 aromatic rings. The Morgan fingerprint density at radius 3 is 2.87 bits per heavy atom. The number of carbonyl (C=O) groups is 1. The fourth-order valence-electron chi connectivity index (χ4n) is 4.21. The highest BCUT2D eigenvalue weighted by atomic mass is 16.5. The Morgan fingerprint density at radius 2 is 2.17 bits per heavy atom. The molecule has 1 spiro atoms.